The van der Waals surface area contributed by atoms with Crippen LogP contribution in [0.1, 0.15) is 42.4 Å². The fraction of sp³-hybridized carbons (Fsp3) is 0.667. The van der Waals surface area contributed by atoms with E-state index >= 15 is 0 Å². The minimum Gasteiger partial charge on any atom is -0.312 e. The molecule has 2 atom stereocenters. The van der Waals surface area contributed by atoms with Crippen molar-refractivity contribution < 1.29 is 0 Å². The van der Waals surface area contributed by atoms with Gasteiger partial charge >= 0.3 is 0 Å². The summed E-state index contributed by atoms with van der Waals surface area (Å²) in [6.45, 7) is 6.60. The largest absolute Gasteiger partial charge is 0.312 e. The molecule has 20 heavy (non-hydrogen) atoms. The van der Waals surface area contributed by atoms with Gasteiger partial charge in [0.25, 0.3) is 0 Å². The molecule has 0 aliphatic carbocycles. The minimum absolute atomic E-state index is 0.862. The average molecular weight is 272 g/mol. The molecule has 2 bridgehead atoms. The van der Waals surface area contributed by atoms with Gasteiger partial charge in [0, 0.05) is 18.6 Å². The van der Waals surface area contributed by atoms with E-state index in [4.69, 9.17) is 0 Å². The molecule has 2 fully saturated rings. The van der Waals surface area contributed by atoms with E-state index in [2.05, 4.69) is 49.3 Å². The number of nitrogens with one attached hydrogen (secondary N) is 1. The summed E-state index contributed by atoms with van der Waals surface area (Å²) in [5.74, 6) is 0.883. The summed E-state index contributed by atoms with van der Waals surface area (Å²) in [6.07, 6.45) is 5.64. The fourth-order valence-corrected chi connectivity index (χ4v) is 4.09. The van der Waals surface area contributed by atoms with Gasteiger partial charge in [-0.15, -0.1) is 0 Å². The standard InChI is InChI=1S/C18H28N2/c1-13-4-5-14(2)16(8-13)12-19-11-15-9-17-6-7-18(10-15)20(17)3/h4-5,8,15,17-19H,6-7,9-12H2,1-3H3. The van der Waals surface area contributed by atoms with Crippen LogP contribution in [0.5, 0.6) is 0 Å². The molecular weight excluding hydrogens is 244 g/mol. The molecule has 0 radical (unpaired) electrons. The van der Waals surface area contributed by atoms with E-state index in [1.54, 1.807) is 0 Å². The van der Waals surface area contributed by atoms with Gasteiger partial charge in [-0.2, -0.15) is 0 Å². The van der Waals surface area contributed by atoms with Crippen molar-refractivity contribution in [2.75, 3.05) is 13.6 Å². The quantitative estimate of drug-likeness (QED) is 0.905. The van der Waals surface area contributed by atoms with Crippen LogP contribution in [0.4, 0.5) is 0 Å². The zero-order valence-electron chi connectivity index (χ0n) is 13.2. The number of rotatable bonds is 4. The lowest BCUT2D eigenvalue weighted by Gasteiger charge is -2.36. The van der Waals surface area contributed by atoms with Gasteiger partial charge in [0.1, 0.15) is 0 Å². The Morgan fingerprint density at radius 3 is 2.55 bits per heavy atom. The van der Waals surface area contributed by atoms with Crippen LogP contribution < -0.4 is 5.32 Å². The lowest BCUT2D eigenvalue weighted by atomic mass is 9.91. The van der Waals surface area contributed by atoms with Crippen LogP contribution in [-0.2, 0) is 6.54 Å². The summed E-state index contributed by atoms with van der Waals surface area (Å²) in [5, 5.41) is 3.70. The molecule has 2 unspecified atom stereocenters. The minimum atomic E-state index is 0.862. The molecule has 1 N–H and O–H groups in total. The second-order valence-corrected chi connectivity index (χ2v) is 6.95. The van der Waals surface area contributed by atoms with Gasteiger partial charge in [-0.3, -0.25) is 0 Å². The van der Waals surface area contributed by atoms with E-state index in [0.717, 1.165) is 24.5 Å². The lowest BCUT2D eigenvalue weighted by molar-refractivity contribution is 0.133. The summed E-state index contributed by atoms with van der Waals surface area (Å²) < 4.78 is 0. The first-order valence-corrected chi connectivity index (χ1v) is 8.12. The summed E-state index contributed by atoms with van der Waals surface area (Å²) in [4.78, 5) is 2.63. The van der Waals surface area contributed by atoms with Gasteiger partial charge in [0.05, 0.1) is 0 Å². The number of hydrogen-bond donors (Lipinski definition) is 1. The van der Waals surface area contributed by atoms with Crippen molar-refractivity contribution in [2.45, 2.75) is 58.2 Å². The number of aryl methyl sites for hydroxylation is 2. The smallest absolute Gasteiger partial charge is 0.0208 e. The Hall–Kier alpha value is -0.860. The lowest BCUT2D eigenvalue weighted by Crippen LogP contribution is -2.42. The maximum atomic E-state index is 3.70. The molecule has 0 spiro atoms. The first-order valence-electron chi connectivity index (χ1n) is 8.12. The molecule has 0 amide bonds. The molecule has 2 nitrogen and oxygen atoms in total. The van der Waals surface area contributed by atoms with Crippen molar-refractivity contribution in [1.82, 2.24) is 10.2 Å². The fourth-order valence-electron chi connectivity index (χ4n) is 4.09. The van der Waals surface area contributed by atoms with Crippen LogP contribution in [0.25, 0.3) is 0 Å². The number of benzene rings is 1. The summed E-state index contributed by atoms with van der Waals surface area (Å²) in [5.41, 5.74) is 4.23. The Labute approximate surface area is 123 Å². The van der Waals surface area contributed by atoms with Crippen LogP contribution in [0.3, 0.4) is 0 Å². The molecule has 0 aromatic heterocycles. The second-order valence-electron chi connectivity index (χ2n) is 6.95. The topological polar surface area (TPSA) is 15.3 Å². The van der Waals surface area contributed by atoms with E-state index in [1.807, 2.05) is 0 Å². The van der Waals surface area contributed by atoms with Crippen LogP contribution >= 0.6 is 0 Å². The van der Waals surface area contributed by atoms with E-state index in [1.165, 1.54) is 48.9 Å². The van der Waals surface area contributed by atoms with Crippen molar-refractivity contribution in [3.05, 3.63) is 34.9 Å². The zero-order valence-corrected chi connectivity index (χ0v) is 13.2. The van der Waals surface area contributed by atoms with Gasteiger partial charge in [0.15, 0.2) is 0 Å². The molecule has 1 aromatic rings. The van der Waals surface area contributed by atoms with Crippen LogP contribution in [0, 0.1) is 19.8 Å². The van der Waals surface area contributed by atoms with E-state index in [9.17, 15) is 0 Å². The zero-order chi connectivity index (χ0) is 14.1. The van der Waals surface area contributed by atoms with Gasteiger partial charge in [-0.1, -0.05) is 23.8 Å². The number of nitrogens with zero attached hydrogens (tertiary/aromatic N) is 1. The van der Waals surface area contributed by atoms with E-state index < -0.39 is 0 Å². The number of hydrogen-bond acceptors (Lipinski definition) is 2. The van der Waals surface area contributed by atoms with Crippen molar-refractivity contribution >= 4 is 0 Å². The van der Waals surface area contributed by atoms with E-state index in [-0.39, 0.29) is 0 Å². The molecule has 3 rings (SSSR count). The van der Waals surface area contributed by atoms with Crippen LogP contribution in [-0.4, -0.2) is 30.6 Å². The monoisotopic (exact) mass is 272 g/mol. The van der Waals surface area contributed by atoms with Crippen molar-refractivity contribution in [2.24, 2.45) is 5.92 Å². The van der Waals surface area contributed by atoms with Crippen molar-refractivity contribution in [3.8, 4) is 0 Å². The Balaban J connectivity index is 1.50. The Bertz CT molecular complexity index is 454. The third-order valence-corrected chi connectivity index (χ3v) is 5.45. The first kappa shape index (κ1) is 14.1. The highest BCUT2D eigenvalue weighted by molar-refractivity contribution is 5.30. The maximum absolute atomic E-state index is 3.70. The molecule has 2 heteroatoms. The highest BCUT2D eigenvalue weighted by atomic mass is 15.2. The van der Waals surface area contributed by atoms with Crippen LogP contribution in [0.15, 0.2) is 18.2 Å². The summed E-state index contributed by atoms with van der Waals surface area (Å²) in [6, 6.07) is 8.48. The molecule has 0 saturated carbocycles. The maximum Gasteiger partial charge on any atom is 0.0208 e. The van der Waals surface area contributed by atoms with Crippen molar-refractivity contribution in [3.63, 3.8) is 0 Å². The Morgan fingerprint density at radius 2 is 1.85 bits per heavy atom. The van der Waals surface area contributed by atoms with Gasteiger partial charge in [0.2, 0.25) is 0 Å². The second kappa shape index (κ2) is 5.87. The van der Waals surface area contributed by atoms with Gasteiger partial charge < -0.3 is 10.2 Å². The molecule has 2 heterocycles. The van der Waals surface area contributed by atoms with Crippen molar-refractivity contribution in [1.29, 1.82) is 0 Å². The normalized spacial score (nSPS) is 29.9. The Kier molecular flexibility index (Phi) is 4.13. The van der Waals surface area contributed by atoms with Crippen LogP contribution in [0.2, 0.25) is 0 Å². The molecular formula is C18H28N2. The molecule has 110 valence electrons. The van der Waals surface area contributed by atoms with Gasteiger partial charge in [-0.05, 0) is 70.2 Å². The predicted octanol–water partition coefficient (Wildman–Crippen LogP) is 3.27. The highest BCUT2D eigenvalue weighted by Gasteiger charge is 2.37. The molecule has 2 aliphatic heterocycles. The first-order chi connectivity index (χ1) is 9.63. The Morgan fingerprint density at radius 1 is 1.15 bits per heavy atom. The third kappa shape index (κ3) is 2.91. The summed E-state index contributed by atoms with van der Waals surface area (Å²) in [7, 11) is 2.32. The predicted molar refractivity (Wildman–Crippen MR) is 84.9 cm³/mol. The highest BCUT2D eigenvalue weighted by Crippen LogP contribution is 2.37. The molecule has 2 saturated heterocycles. The number of piperidine rings is 1. The van der Waals surface area contributed by atoms with E-state index in [0.29, 0.717) is 0 Å². The third-order valence-electron chi connectivity index (χ3n) is 5.45. The van der Waals surface area contributed by atoms with Gasteiger partial charge in [-0.25, -0.2) is 0 Å². The molecule has 1 aromatic carbocycles. The molecule has 2 aliphatic rings. The summed E-state index contributed by atoms with van der Waals surface area (Å²) >= 11 is 0. The SMILES string of the molecule is Cc1ccc(C)c(CNCC2CC3CCC(C2)N3C)c1. The average Bonchev–Trinajstić information content (AvgIpc) is 2.65. The number of fused-ring (bicyclic) bond motifs is 2.